The van der Waals surface area contributed by atoms with Crippen LogP contribution >= 0.6 is 0 Å². The number of nitrogens with zero attached hydrogens (tertiary/aromatic N) is 2. The van der Waals surface area contributed by atoms with Gasteiger partial charge in [0.1, 0.15) is 0 Å². The third-order valence-electron chi connectivity index (χ3n) is 9.96. The maximum atomic E-state index is 9.25. The maximum absolute atomic E-state index is 9.25. The zero-order chi connectivity index (χ0) is 34.7. The van der Waals surface area contributed by atoms with Crippen LogP contribution in [0, 0.1) is 0 Å². The van der Waals surface area contributed by atoms with Crippen LogP contribution in [0.1, 0.15) is 38.8 Å². The van der Waals surface area contributed by atoms with Gasteiger partial charge in [-0.2, -0.15) is 0 Å². The third kappa shape index (κ3) is 4.79. The summed E-state index contributed by atoms with van der Waals surface area (Å²) in [4.78, 5) is 2.20. The molecule has 0 bridgehead atoms. The third-order valence-corrected chi connectivity index (χ3v) is 9.96. The van der Waals surface area contributed by atoms with Gasteiger partial charge >= 0.3 is 0 Å². The van der Waals surface area contributed by atoms with Crippen molar-refractivity contribution in [1.29, 1.82) is 0 Å². The predicted octanol–water partition coefficient (Wildman–Crippen LogP) is 12.7. The van der Waals surface area contributed by atoms with E-state index in [1.54, 1.807) is 0 Å². The average Bonchev–Trinajstić information content (AvgIpc) is 3.64. The van der Waals surface area contributed by atoms with E-state index in [9.17, 15) is 1.37 Å². The lowest BCUT2D eigenvalue weighted by Crippen LogP contribution is -2.16. The Labute approximate surface area is 290 Å². The van der Waals surface area contributed by atoms with Crippen LogP contribution < -0.4 is 4.90 Å². The molecule has 2 nitrogen and oxygen atoms in total. The van der Waals surface area contributed by atoms with E-state index in [2.05, 4.69) is 126 Å². The lowest BCUT2D eigenvalue weighted by molar-refractivity contribution is 0.663. The molecule has 9 rings (SSSR count). The first kappa shape index (κ1) is 26.9. The molecular weight excluding hydrogens is 593 g/mol. The van der Waals surface area contributed by atoms with Gasteiger partial charge in [0.25, 0.3) is 0 Å². The molecule has 49 heavy (non-hydrogen) atoms. The Balaban J connectivity index is 1.12. The fourth-order valence-corrected chi connectivity index (χ4v) is 7.71. The van der Waals surface area contributed by atoms with Crippen molar-refractivity contribution < 1.29 is 2.74 Å². The highest BCUT2D eigenvalue weighted by atomic mass is 15.1. The molecule has 0 aliphatic heterocycles. The van der Waals surface area contributed by atoms with Crippen molar-refractivity contribution in [2.75, 3.05) is 4.90 Å². The van der Waals surface area contributed by atoms with Crippen LogP contribution in [0.15, 0.2) is 170 Å². The minimum Gasteiger partial charge on any atom is -0.311 e. The van der Waals surface area contributed by atoms with E-state index in [1.807, 2.05) is 66.7 Å². The van der Waals surface area contributed by atoms with E-state index in [4.69, 9.17) is 1.37 Å². The normalized spacial score (nSPS) is 14.2. The van der Waals surface area contributed by atoms with Gasteiger partial charge in [-0.25, -0.2) is 0 Å². The fourth-order valence-electron chi connectivity index (χ4n) is 7.71. The monoisotopic (exact) mass is 630 g/mol. The largest absolute Gasteiger partial charge is 0.311 e. The van der Waals surface area contributed by atoms with E-state index in [0.717, 1.165) is 28.3 Å². The van der Waals surface area contributed by atoms with Crippen molar-refractivity contribution in [3.8, 4) is 16.8 Å². The molecule has 1 heterocycles. The number of hydrogen-bond donors (Lipinski definition) is 0. The summed E-state index contributed by atoms with van der Waals surface area (Å²) in [7, 11) is 0. The Bertz CT molecular complexity index is 2560. The Morgan fingerprint density at radius 3 is 1.78 bits per heavy atom. The summed E-state index contributed by atoms with van der Waals surface area (Å²) in [6.07, 6.45) is 0. The van der Waals surface area contributed by atoms with Crippen molar-refractivity contribution in [2.24, 2.45) is 0 Å². The molecule has 0 amide bonds. The summed E-state index contributed by atoms with van der Waals surface area (Å²) in [6, 6.07) is 59.1. The van der Waals surface area contributed by atoms with Gasteiger partial charge in [-0.3, -0.25) is 0 Å². The lowest BCUT2D eigenvalue weighted by Gasteiger charge is -2.25. The molecule has 8 aromatic rings. The number of aromatic nitrogens is 1. The van der Waals surface area contributed by atoms with Gasteiger partial charge in [0.15, 0.2) is 0 Å². The molecule has 1 aromatic heterocycles. The van der Waals surface area contributed by atoms with Crippen molar-refractivity contribution in [1.82, 2.24) is 4.57 Å². The minimum atomic E-state index is -0.330. The second-order valence-electron chi connectivity index (χ2n) is 13.3. The Morgan fingerprint density at radius 2 is 1.08 bits per heavy atom. The molecule has 0 radical (unpaired) electrons. The summed E-state index contributed by atoms with van der Waals surface area (Å²) in [6.45, 7) is 4.60. The van der Waals surface area contributed by atoms with Crippen molar-refractivity contribution >= 4 is 51.0 Å². The fraction of sp³-hybridized carbons (Fsp3) is 0.0638. The number of benzene rings is 7. The number of fused-ring (bicyclic) bond motifs is 7. The molecule has 7 aromatic carbocycles. The van der Waals surface area contributed by atoms with Gasteiger partial charge < -0.3 is 9.47 Å². The van der Waals surface area contributed by atoms with E-state index in [-0.39, 0.29) is 17.5 Å². The first-order chi connectivity index (χ1) is 24.9. The first-order valence-corrected chi connectivity index (χ1v) is 16.9. The molecule has 0 N–H and O–H groups in total. The second-order valence-corrected chi connectivity index (χ2v) is 13.3. The highest BCUT2D eigenvalue weighted by Gasteiger charge is 2.38. The molecule has 0 spiro atoms. The second kappa shape index (κ2) is 11.5. The van der Waals surface area contributed by atoms with Crippen molar-refractivity contribution in [3.63, 3.8) is 0 Å². The molecule has 0 saturated carbocycles. The molecule has 0 atom stereocenters. The molecule has 1 aliphatic rings. The van der Waals surface area contributed by atoms with Gasteiger partial charge in [-0.15, -0.1) is 0 Å². The SMILES string of the molecule is [2H]/C(=C(/[2H])c1ccc2c(c1)C(C)(C)c1c-2ccc2c3ccccc3n(-c3ccccc3)c12)c1ccc(N(c2ccccc2)c2ccccc2)cc1. The van der Waals surface area contributed by atoms with Gasteiger partial charge in [-0.1, -0.05) is 141 Å². The van der Waals surface area contributed by atoms with E-state index in [0.29, 0.717) is 5.56 Å². The van der Waals surface area contributed by atoms with Crippen LogP contribution in [0.2, 0.25) is 0 Å². The Hall–Kier alpha value is -6.12. The van der Waals surface area contributed by atoms with E-state index < -0.39 is 0 Å². The molecule has 0 saturated heterocycles. The maximum Gasteiger partial charge on any atom is 0.0629 e. The molecular formula is C47H36N2. The first-order valence-electron chi connectivity index (χ1n) is 17.9. The van der Waals surface area contributed by atoms with E-state index >= 15 is 0 Å². The van der Waals surface area contributed by atoms with Crippen LogP contribution in [-0.4, -0.2) is 4.57 Å². The highest BCUT2D eigenvalue weighted by Crippen LogP contribution is 2.53. The van der Waals surface area contributed by atoms with Gasteiger partial charge in [0.05, 0.1) is 13.8 Å². The van der Waals surface area contributed by atoms with Crippen LogP contribution in [-0.2, 0) is 5.41 Å². The molecule has 2 heteroatoms. The van der Waals surface area contributed by atoms with Gasteiger partial charge in [0, 0.05) is 38.9 Å². The lowest BCUT2D eigenvalue weighted by atomic mass is 9.81. The zero-order valence-corrected chi connectivity index (χ0v) is 27.6. The van der Waals surface area contributed by atoms with Crippen molar-refractivity contribution in [3.05, 3.63) is 192 Å². The minimum absolute atomic E-state index is 0.201. The van der Waals surface area contributed by atoms with Gasteiger partial charge in [-0.05, 0) is 88.0 Å². The zero-order valence-electron chi connectivity index (χ0n) is 29.6. The smallest absolute Gasteiger partial charge is 0.0629 e. The quantitative estimate of drug-likeness (QED) is 0.166. The average molecular weight is 631 g/mol. The number of para-hydroxylation sites is 4. The number of rotatable bonds is 6. The topological polar surface area (TPSA) is 8.17 Å². The Kier molecular flexibility index (Phi) is 6.33. The van der Waals surface area contributed by atoms with Gasteiger partial charge in [0.2, 0.25) is 0 Å². The molecule has 1 aliphatic carbocycles. The van der Waals surface area contributed by atoms with Crippen LogP contribution in [0.3, 0.4) is 0 Å². The number of hydrogen-bond acceptors (Lipinski definition) is 1. The molecule has 234 valence electrons. The summed E-state index contributed by atoms with van der Waals surface area (Å²) in [5, 5.41) is 2.48. The summed E-state index contributed by atoms with van der Waals surface area (Å²) in [5.74, 6) is 0. The summed E-state index contributed by atoms with van der Waals surface area (Å²) in [5.41, 5.74) is 12.7. The number of anilines is 3. The van der Waals surface area contributed by atoms with Crippen LogP contribution in [0.5, 0.6) is 0 Å². The highest BCUT2D eigenvalue weighted by molar-refractivity contribution is 6.13. The van der Waals surface area contributed by atoms with Crippen molar-refractivity contribution in [2.45, 2.75) is 19.3 Å². The predicted molar refractivity (Wildman–Crippen MR) is 208 cm³/mol. The van der Waals surface area contributed by atoms with Crippen LogP contribution in [0.4, 0.5) is 17.1 Å². The standard InChI is InChI=1S/C47H36N2/c1-47(2)43-32-34(23-22-33-24-27-38(28-25-33)48(35-14-6-3-7-15-35)36-16-8-4-9-17-36)26-29-39(43)41-30-31-42-40-20-12-13-21-44(40)49(46(42)45(41)47)37-18-10-5-11-19-37/h3-32H,1-2H3/b23-22+/i22D,23D. The molecule has 0 unspecified atom stereocenters. The summed E-state index contributed by atoms with van der Waals surface area (Å²) < 4.78 is 20.8. The Morgan fingerprint density at radius 1 is 0.531 bits per heavy atom. The van der Waals surface area contributed by atoms with E-state index in [1.165, 1.54) is 44.1 Å². The summed E-state index contributed by atoms with van der Waals surface area (Å²) >= 11 is 0. The van der Waals surface area contributed by atoms with Crippen LogP contribution in [0.25, 0.3) is 50.7 Å². The molecule has 0 fully saturated rings.